The van der Waals surface area contributed by atoms with Gasteiger partial charge in [0.2, 0.25) is 0 Å². The van der Waals surface area contributed by atoms with Gasteiger partial charge in [0.05, 0.1) is 0 Å². The maximum Gasteiger partial charge on any atom is 0.127 e. The Morgan fingerprint density at radius 3 is 2.41 bits per heavy atom. The molecule has 1 atom stereocenters. The molecule has 2 aromatic rings. The quantitative estimate of drug-likeness (QED) is 0.675. The molecule has 0 spiro atoms. The maximum atomic E-state index is 10.4. The van der Waals surface area contributed by atoms with Crippen LogP contribution in [0.1, 0.15) is 36.8 Å². The molecule has 0 fully saturated rings. The third kappa shape index (κ3) is 1.40. The van der Waals surface area contributed by atoms with Crippen LogP contribution in [0.3, 0.4) is 0 Å². The Labute approximate surface area is 101 Å². The van der Waals surface area contributed by atoms with Gasteiger partial charge in [0, 0.05) is 21.9 Å². The van der Waals surface area contributed by atoms with Gasteiger partial charge in [0.15, 0.2) is 0 Å². The lowest BCUT2D eigenvalue weighted by atomic mass is 9.81. The fourth-order valence-corrected chi connectivity index (χ4v) is 2.99. The van der Waals surface area contributed by atoms with E-state index in [0.717, 1.165) is 41.2 Å². The number of rotatable bonds is 0. The van der Waals surface area contributed by atoms with Crippen LogP contribution in [0.5, 0.6) is 11.5 Å². The molecule has 2 N–H and O–H groups in total. The zero-order chi connectivity index (χ0) is 12.0. The lowest BCUT2D eigenvalue weighted by molar-refractivity contribution is 0.438. The van der Waals surface area contributed by atoms with Crippen molar-refractivity contribution in [2.24, 2.45) is 0 Å². The first kappa shape index (κ1) is 10.5. The van der Waals surface area contributed by atoms with Crippen molar-refractivity contribution < 1.29 is 10.2 Å². The van der Waals surface area contributed by atoms with Crippen molar-refractivity contribution in [2.45, 2.75) is 32.1 Å². The zero-order valence-corrected chi connectivity index (χ0v) is 9.90. The van der Waals surface area contributed by atoms with E-state index in [1.54, 1.807) is 0 Å². The average molecular weight is 228 g/mol. The smallest absolute Gasteiger partial charge is 0.127 e. The average Bonchev–Trinajstić information content (AvgIpc) is 2.36. The molecule has 0 amide bonds. The highest BCUT2D eigenvalue weighted by atomic mass is 16.3. The highest BCUT2D eigenvalue weighted by Gasteiger charge is 2.25. The first-order chi connectivity index (χ1) is 8.20. The molecule has 0 saturated heterocycles. The molecule has 17 heavy (non-hydrogen) atoms. The van der Waals surface area contributed by atoms with Crippen LogP contribution in [0.25, 0.3) is 10.8 Å². The van der Waals surface area contributed by atoms with E-state index in [-0.39, 0.29) is 0 Å². The molecule has 1 aliphatic rings. The van der Waals surface area contributed by atoms with E-state index in [9.17, 15) is 10.2 Å². The van der Waals surface area contributed by atoms with Crippen molar-refractivity contribution in [3.05, 3.63) is 35.4 Å². The van der Waals surface area contributed by atoms with Crippen LogP contribution >= 0.6 is 0 Å². The van der Waals surface area contributed by atoms with Crippen LogP contribution in [-0.4, -0.2) is 10.2 Å². The van der Waals surface area contributed by atoms with Crippen LogP contribution in [0.15, 0.2) is 24.3 Å². The van der Waals surface area contributed by atoms with Crippen molar-refractivity contribution >= 4 is 10.8 Å². The summed E-state index contributed by atoms with van der Waals surface area (Å²) >= 11 is 0. The zero-order valence-electron chi connectivity index (χ0n) is 9.90. The van der Waals surface area contributed by atoms with Crippen molar-refractivity contribution in [1.29, 1.82) is 0 Å². The van der Waals surface area contributed by atoms with Crippen molar-refractivity contribution in [1.82, 2.24) is 0 Å². The number of phenols is 2. The predicted molar refractivity (Wildman–Crippen MR) is 68.6 cm³/mol. The van der Waals surface area contributed by atoms with Gasteiger partial charge in [-0.25, -0.2) is 0 Å². The largest absolute Gasteiger partial charge is 0.507 e. The highest BCUT2D eigenvalue weighted by molar-refractivity contribution is 5.95. The summed E-state index contributed by atoms with van der Waals surface area (Å²) in [6.45, 7) is 2.12. The molecule has 2 nitrogen and oxygen atoms in total. The minimum atomic E-state index is 0.328. The van der Waals surface area contributed by atoms with Gasteiger partial charge >= 0.3 is 0 Å². The van der Waals surface area contributed by atoms with E-state index in [1.165, 1.54) is 0 Å². The summed E-state index contributed by atoms with van der Waals surface area (Å²) in [5.74, 6) is 1.05. The number of phenolic OH excluding ortho intramolecular Hbond substituents is 2. The number of hydrogen-bond acceptors (Lipinski definition) is 2. The van der Waals surface area contributed by atoms with Gasteiger partial charge in [-0.1, -0.05) is 31.2 Å². The van der Waals surface area contributed by atoms with Gasteiger partial charge in [0.1, 0.15) is 11.5 Å². The molecule has 0 heterocycles. The molecule has 0 saturated carbocycles. The van der Waals surface area contributed by atoms with Gasteiger partial charge in [-0.2, -0.15) is 0 Å². The van der Waals surface area contributed by atoms with Crippen LogP contribution in [0.2, 0.25) is 0 Å². The van der Waals surface area contributed by atoms with Gasteiger partial charge in [-0.3, -0.25) is 0 Å². The monoisotopic (exact) mass is 228 g/mol. The Bertz CT molecular complexity index is 587. The minimum Gasteiger partial charge on any atom is -0.507 e. The molecule has 2 heteroatoms. The molecule has 0 aliphatic heterocycles. The van der Waals surface area contributed by atoms with Crippen molar-refractivity contribution in [3.63, 3.8) is 0 Å². The van der Waals surface area contributed by atoms with E-state index in [0.29, 0.717) is 17.4 Å². The van der Waals surface area contributed by atoms with Crippen LogP contribution < -0.4 is 0 Å². The van der Waals surface area contributed by atoms with Crippen molar-refractivity contribution in [3.8, 4) is 11.5 Å². The number of fused-ring (bicyclic) bond motifs is 2. The lowest BCUT2D eigenvalue weighted by Gasteiger charge is -2.25. The van der Waals surface area contributed by atoms with Crippen molar-refractivity contribution in [2.75, 3.05) is 0 Å². The van der Waals surface area contributed by atoms with E-state index < -0.39 is 0 Å². The Kier molecular flexibility index (Phi) is 2.25. The summed E-state index contributed by atoms with van der Waals surface area (Å²) in [5, 5.41) is 22.2. The van der Waals surface area contributed by atoms with Gasteiger partial charge in [0.25, 0.3) is 0 Å². The molecule has 0 aromatic heterocycles. The molecule has 0 bridgehead atoms. The van der Waals surface area contributed by atoms with Gasteiger partial charge < -0.3 is 10.2 Å². The fourth-order valence-electron chi connectivity index (χ4n) is 2.99. The predicted octanol–water partition coefficient (Wildman–Crippen LogP) is 3.69. The topological polar surface area (TPSA) is 40.5 Å². The van der Waals surface area contributed by atoms with Gasteiger partial charge in [-0.05, 0) is 25.2 Å². The Morgan fingerprint density at radius 1 is 1.06 bits per heavy atom. The molecule has 3 rings (SSSR count). The Hall–Kier alpha value is -1.70. The summed E-state index contributed by atoms with van der Waals surface area (Å²) in [6.07, 6.45) is 3.03. The van der Waals surface area contributed by atoms with E-state index in [2.05, 4.69) is 6.92 Å². The summed E-state index contributed by atoms with van der Waals surface area (Å²) in [5.41, 5.74) is 1.90. The Balaban J connectivity index is 2.44. The Morgan fingerprint density at radius 2 is 1.71 bits per heavy atom. The molecule has 1 unspecified atom stereocenters. The van der Waals surface area contributed by atoms with E-state index in [4.69, 9.17) is 0 Å². The van der Waals surface area contributed by atoms with Crippen LogP contribution in [0, 0.1) is 0 Å². The minimum absolute atomic E-state index is 0.328. The summed E-state index contributed by atoms with van der Waals surface area (Å²) in [7, 11) is 0. The third-order valence-corrected chi connectivity index (χ3v) is 3.86. The third-order valence-electron chi connectivity index (χ3n) is 3.86. The van der Waals surface area contributed by atoms with Crippen LogP contribution in [-0.2, 0) is 6.42 Å². The van der Waals surface area contributed by atoms with Crippen LogP contribution in [0.4, 0.5) is 0 Å². The molecule has 88 valence electrons. The standard InChI is InChI=1S/C15H16O2/c1-9-5-4-8-12-13(9)15(17)11-7-3-2-6-10(11)14(12)16/h2-3,6-7,9,16-17H,4-5,8H2,1H3. The first-order valence-electron chi connectivity index (χ1n) is 6.15. The highest BCUT2D eigenvalue weighted by Crippen LogP contribution is 2.46. The van der Waals surface area contributed by atoms with E-state index >= 15 is 0 Å². The summed E-state index contributed by atoms with van der Waals surface area (Å²) < 4.78 is 0. The molecule has 1 aliphatic carbocycles. The molecule has 0 radical (unpaired) electrons. The number of hydrogen-bond donors (Lipinski definition) is 2. The fraction of sp³-hybridized carbons (Fsp3) is 0.333. The first-order valence-corrected chi connectivity index (χ1v) is 6.15. The summed E-state index contributed by atoms with van der Waals surface area (Å²) in [6, 6.07) is 7.51. The maximum absolute atomic E-state index is 10.4. The normalized spacial score (nSPS) is 19.2. The van der Waals surface area contributed by atoms with Gasteiger partial charge in [-0.15, -0.1) is 0 Å². The molecular formula is C15H16O2. The second-order valence-corrected chi connectivity index (χ2v) is 4.93. The second-order valence-electron chi connectivity index (χ2n) is 4.93. The lowest BCUT2D eigenvalue weighted by Crippen LogP contribution is -2.08. The number of aromatic hydroxyl groups is 2. The van der Waals surface area contributed by atoms with E-state index in [1.807, 2.05) is 24.3 Å². The molecular weight excluding hydrogens is 212 g/mol. The SMILES string of the molecule is CC1CCCc2c1c(O)c1ccccc1c2O. The second kappa shape index (κ2) is 3.66. The number of benzene rings is 2. The molecule has 2 aromatic carbocycles. The summed E-state index contributed by atoms with van der Waals surface area (Å²) in [4.78, 5) is 0.